The van der Waals surface area contributed by atoms with Crippen LogP contribution in [0.2, 0.25) is 0 Å². The highest BCUT2D eigenvalue weighted by Gasteiger charge is 1.96. The molecule has 4 nitrogen and oxygen atoms in total. The molecule has 0 saturated carbocycles. The molecule has 0 spiro atoms. The van der Waals surface area contributed by atoms with Crippen molar-refractivity contribution in [3.05, 3.63) is 0 Å². The monoisotopic (exact) mass is 345 g/mol. The Hall–Kier alpha value is -0.610. The average molecular weight is 346 g/mol. The number of unbranched alkanes of at least 4 members (excludes halogenated alkanes) is 14. The number of carbonyl (C=O) groups excluding carboxylic acids is 1. The highest BCUT2D eigenvalue weighted by Crippen LogP contribution is 2.13. The lowest BCUT2D eigenvalue weighted by atomic mass is 10.0. The quantitative estimate of drug-likeness (QED) is 0.312. The molecule has 0 aliphatic carbocycles. The average Bonchev–Trinajstić information content (AvgIpc) is 2.51. The zero-order chi connectivity index (χ0) is 17.6. The van der Waals surface area contributed by atoms with Crippen LogP contribution in [0, 0.1) is 0 Å². The van der Waals surface area contributed by atoms with E-state index >= 15 is 0 Å². The molecule has 0 aromatic rings. The van der Waals surface area contributed by atoms with Crippen molar-refractivity contribution in [3.8, 4) is 0 Å². The summed E-state index contributed by atoms with van der Waals surface area (Å²) in [5.74, 6) is -0.153. The summed E-state index contributed by atoms with van der Waals surface area (Å²) < 4.78 is 0. The van der Waals surface area contributed by atoms with Gasteiger partial charge < -0.3 is 17.2 Å². The van der Waals surface area contributed by atoms with Gasteiger partial charge in [0.2, 0.25) is 5.91 Å². The van der Waals surface area contributed by atoms with E-state index in [1.165, 1.54) is 89.9 Å². The lowest BCUT2D eigenvalue weighted by Crippen LogP contribution is -2.09. The van der Waals surface area contributed by atoms with Crippen molar-refractivity contribution in [3.63, 3.8) is 0 Å². The standard InChI is InChI=1S/C18H37NO.C2H7N.H3N/c1-2-3-4-5-6-7-8-9-10-11-12-13-14-15-16-17-18(19)20;1-3-2;/h2-17H2,1H3,(H2,19,20);3H,1-2H3;1H3. The number of hydrogen-bond donors (Lipinski definition) is 3. The topological polar surface area (TPSA) is 90.1 Å². The Morgan fingerprint density at radius 1 is 0.667 bits per heavy atom. The van der Waals surface area contributed by atoms with Gasteiger partial charge in [-0.2, -0.15) is 0 Å². The first kappa shape index (κ1) is 28.2. The molecule has 0 saturated heterocycles. The normalized spacial score (nSPS) is 9.79. The van der Waals surface area contributed by atoms with Gasteiger partial charge in [0.15, 0.2) is 0 Å². The van der Waals surface area contributed by atoms with Gasteiger partial charge in [0.05, 0.1) is 0 Å². The second kappa shape index (κ2) is 27.2. The molecule has 148 valence electrons. The van der Waals surface area contributed by atoms with Crippen molar-refractivity contribution in [2.24, 2.45) is 5.73 Å². The van der Waals surface area contributed by atoms with Gasteiger partial charge in [-0.25, -0.2) is 0 Å². The summed E-state index contributed by atoms with van der Waals surface area (Å²) in [6.07, 6.45) is 20.9. The first-order valence-corrected chi connectivity index (χ1v) is 10.1. The number of primary amides is 1. The number of rotatable bonds is 16. The van der Waals surface area contributed by atoms with E-state index in [4.69, 9.17) is 5.73 Å². The van der Waals surface area contributed by atoms with E-state index in [0.29, 0.717) is 6.42 Å². The van der Waals surface area contributed by atoms with Gasteiger partial charge in [0.1, 0.15) is 0 Å². The Balaban J connectivity index is -0.00000102. The van der Waals surface area contributed by atoms with Crippen molar-refractivity contribution in [2.75, 3.05) is 14.1 Å². The predicted molar refractivity (Wildman–Crippen MR) is 109 cm³/mol. The summed E-state index contributed by atoms with van der Waals surface area (Å²) in [4.78, 5) is 10.6. The first-order chi connectivity index (χ1) is 11.2. The summed E-state index contributed by atoms with van der Waals surface area (Å²) in [5.41, 5.74) is 5.11. The van der Waals surface area contributed by atoms with Gasteiger partial charge in [-0.1, -0.05) is 96.8 Å². The van der Waals surface area contributed by atoms with E-state index in [1.807, 2.05) is 14.1 Å². The van der Waals surface area contributed by atoms with Crippen LogP contribution in [0.25, 0.3) is 0 Å². The minimum Gasteiger partial charge on any atom is -0.370 e. The summed E-state index contributed by atoms with van der Waals surface area (Å²) >= 11 is 0. The molecule has 0 unspecified atom stereocenters. The van der Waals surface area contributed by atoms with E-state index in [9.17, 15) is 4.79 Å². The Labute approximate surface area is 152 Å². The summed E-state index contributed by atoms with van der Waals surface area (Å²) in [7, 11) is 3.75. The fourth-order valence-electron chi connectivity index (χ4n) is 2.67. The smallest absolute Gasteiger partial charge is 0.217 e. The van der Waals surface area contributed by atoms with Gasteiger partial charge in [0, 0.05) is 6.42 Å². The molecule has 0 fully saturated rings. The number of hydrogen-bond acceptors (Lipinski definition) is 3. The fraction of sp³-hybridized carbons (Fsp3) is 0.950. The number of carbonyl (C=O) groups is 1. The molecule has 0 aliphatic rings. The molecule has 6 N–H and O–H groups in total. The molecule has 0 atom stereocenters. The van der Waals surface area contributed by atoms with E-state index in [-0.39, 0.29) is 12.1 Å². The molecule has 24 heavy (non-hydrogen) atoms. The molecular formula is C20H47N3O. The van der Waals surface area contributed by atoms with Crippen LogP contribution in [-0.2, 0) is 4.79 Å². The lowest BCUT2D eigenvalue weighted by molar-refractivity contribution is -0.118. The minimum absolute atomic E-state index is 0. The zero-order valence-corrected chi connectivity index (χ0v) is 17.0. The maximum absolute atomic E-state index is 10.6. The second-order valence-corrected chi connectivity index (χ2v) is 6.67. The van der Waals surface area contributed by atoms with Crippen LogP contribution < -0.4 is 17.2 Å². The molecule has 1 amide bonds. The molecule has 0 heterocycles. The number of nitrogens with two attached hydrogens (primary N) is 1. The number of nitrogens with one attached hydrogen (secondary N) is 1. The largest absolute Gasteiger partial charge is 0.370 e. The Kier molecular flexibility index (Phi) is 32.0. The van der Waals surface area contributed by atoms with Gasteiger partial charge in [-0.05, 0) is 20.5 Å². The molecule has 0 aromatic heterocycles. The minimum atomic E-state index is -0.153. The van der Waals surface area contributed by atoms with E-state index < -0.39 is 0 Å². The molecule has 4 heteroatoms. The van der Waals surface area contributed by atoms with E-state index in [0.717, 1.165) is 6.42 Å². The summed E-state index contributed by atoms with van der Waals surface area (Å²) in [6.45, 7) is 2.28. The lowest BCUT2D eigenvalue weighted by Gasteiger charge is -2.03. The van der Waals surface area contributed by atoms with E-state index in [1.54, 1.807) is 0 Å². The third-order valence-corrected chi connectivity index (χ3v) is 4.03. The molecular weight excluding hydrogens is 298 g/mol. The molecule has 0 bridgehead atoms. The van der Waals surface area contributed by atoms with Crippen LogP contribution in [0.15, 0.2) is 0 Å². The number of amides is 1. The molecule has 0 aliphatic heterocycles. The van der Waals surface area contributed by atoms with Gasteiger partial charge in [-0.15, -0.1) is 0 Å². The van der Waals surface area contributed by atoms with Crippen molar-refractivity contribution < 1.29 is 4.79 Å². The maximum atomic E-state index is 10.6. The highest BCUT2D eigenvalue weighted by atomic mass is 16.1. The van der Waals surface area contributed by atoms with Crippen molar-refractivity contribution in [2.45, 2.75) is 110 Å². The van der Waals surface area contributed by atoms with Crippen molar-refractivity contribution in [1.29, 1.82) is 0 Å². The molecule has 0 radical (unpaired) electrons. The fourth-order valence-corrected chi connectivity index (χ4v) is 2.67. The first-order valence-electron chi connectivity index (χ1n) is 10.1. The molecule has 0 rings (SSSR count). The second-order valence-electron chi connectivity index (χ2n) is 6.67. The SMILES string of the molecule is CCCCCCCCCCCCCCCCCC(N)=O.CNC.N. The Morgan fingerprint density at radius 2 is 0.917 bits per heavy atom. The van der Waals surface area contributed by atoms with Gasteiger partial charge >= 0.3 is 0 Å². The Bertz CT molecular complexity index is 223. The van der Waals surface area contributed by atoms with Crippen LogP contribution in [0.3, 0.4) is 0 Å². The van der Waals surface area contributed by atoms with Gasteiger partial charge in [0.25, 0.3) is 0 Å². The van der Waals surface area contributed by atoms with Crippen molar-refractivity contribution >= 4 is 5.91 Å². The Morgan fingerprint density at radius 3 is 1.17 bits per heavy atom. The van der Waals surface area contributed by atoms with Crippen molar-refractivity contribution in [1.82, 2.24) is 11.5 Å². The zero-order valence-electron chi connectivity index (χ0n) is 17.0. The van der Waals surface area contributed by atoms with Crippen LogP contribution in [0.1, 0.15) is 110 Å². The third-order valence-electron chi connectivity index (χ3n) is 4.03. The van der Waals surface area contributed by atoms with Crippen LogP contribution >= 0.6 is 0 Å². The third kappa shape index (κ3) is 33.1. The highest BCUT2D eigenvalue weighted by molar-refractivity contribution is 5.73. The molecule has 0 aromatic carbocycles. The summed E-state index contributed by atoms with van der Waals surface area (Å²) in [6, 6.07) is 0. The van der Waals surface area contributed by atoms with Crippen LogP contribution in [-0.4, -0.2) is 20.0 Å². The van der Waals surface area contributed by atoms with Gasteiger partial charge in [-0.3, -0.25) is 4.79 Å². The van der Waals surface area contributed by atoms with Crippen LogP contribution in [0.4, 0.5) is 0 Å². The summed E-state index contributed by atoms with van der Waals surface area (Å²) in [5, 5.41) is 2.75. The van der Waals surface area contributed by atoms with Crippen LogP contribution in [0.5, 0.6) is 0 Å². The maximum Gasteiger partial charge on any atom is 0.217 e. The predicted octanol–water partition coefficient (Wildman–Crippen LogP) is 5.73. The van der Waals surface area contributed by atoms with E-state index in [2.05, 4.69) is 12.2 Å².